The average molecular weight is 391 g/mol. The van der Waals surface area contributed by atoms with Crippen molar-refractivity contribution >= 4 is 17.0 Å². The van der Waals surface area contributed by atoms with Crippen molar-refractivity contribution in [1.82, 2.24) is 15.2 Å². The van der Waals surface area contributed by atoms with E-state index in [4.69, 9.17) is 9.47 Å². The van der Waals surface area contributed by atoms with Gasteiger partial charge in [0.2, 0.25) is 0 Å². The van der Waals surface area contributed by atoms with Gasteiger partial charge in [0.25, 0.3) is 0 Å². The molecule has 29 heavy (non-hydrogen) atoms. The molecular formula is C21H17N3O5. The third-order valence-electron chi connectivity index (χ3n) is 4.63. The summed E-state index contributed by atoms with van der Waals surface area (Å²) < 4.78 is 10.3. The van der Waals surface area contributed by atoms with E-state index < -0.39 is 5.97 Å². The van der Waals surface area contributed by atoms with Gasteiger partial charge in [0.1, 0.15) is 5.75 Å². The molecule has 4 aromatic rings. The van der Waals surface area contributed by atoms with Gasteiger partial charge in [0.05, 0.1) is 36.6 Å². The van der Waals surface area contributed by atoms with Gasteiger partial charge in [0, 0.05) is 11.1 Å². The number of aromatic nitrogens is 3. The Bertz CT molecular complexity index is 1220. The number of hydrogen-bond acceptors (Lipinski definition) is 6. The highest BCUT2D eigenvalue weighted by atomic mass is 16.5. The highest BCUT2D eigenvalue weighted by molar-refractivity contribution is 6.08. The Kier molecular flexibility index (Phi) is 4.52. The summed E-state index contributed by atoms with van der Waals surface area (Å²) in [5.41, 5.74) is 2.16. The van der Waals surface area contributed by atoms with Gasteiger partial charge in [0.15, 0.2) is 17.1 Å². The van der Waals surface area contributed by atoms with Crippen LogP contribution in [0.1, 0.15) is 10.4 Å². The van der Waals surface area contributed by atoms with Gasteiger partial charge in [-0.05, 0) is 42.5 Å². The van der Waals surface area contributed by atoms with E-state index in [1.807, 2.05) is 0 Å². The molecule has 8 nitrogen and oxygen atoms in total. The number of aromatic amines is 1. The zero-order valence-corrected chi connectivity index (χ0v) is 15.6. The summed E-state index contributed by atoms with van der Waals surface area (Å²) in [5, 5.41) is 27.7. The summed E-state index contributed by atoms with van der Waals surface area (Å²) in [6.07, 6.45) is 0. The zero-order valence-electron chi connectivity index (χ0n) is 15.6. The van der Waals surface area contributed by atoms with Crippen LogP contribution in [0.15, 0.2) is 48.5 Å². The van der Waals surface area contributed by atoms with Crippen LogP contribution in [0, 0.1) is 0 Å². The summed E-state index contributed by atoms with van der Waals surface area (Å²) in [5.74, 6) is -0.298. The molecule has 0 radical (unpaired) electrons. The maximum atomic E-state index is 12.0. The highest BCUT2D eigenvalue weighted by Gasteiger charge is 2.21. The van der Waals surface area contributed by atoms with Crippen LogP contribution in [-0.2, 0) is 0 Å². The van der Waals surface area contributed by atoms with E-state index in [1.54, 1.807) is 49.6 Å². The zero-order chi connectivity index (χ0) is 20.5. The minimum absolute atomic E-state index is 0.0202. The quantitative estimate of drug-likeness (QED) is 0.475. The third-order valence-corrected chi connectivity index (χ3v) is 4.63. The van der Waals surface area contributed by atoms with E-state index in [-0.39, 0.29) is 28.4 Å². The molecule has 0 fully saturated rings. The molecule has 0 aliphatic carbocycles. The van der Waals surface area contributed by atoms with Crippen LogP contribution in [0.3, 0.4) is 0 Å². The van der Waals surface area contributed by atoms with E-state index in [0.29, 0.717) is 22.4 Å². The molecule has 0 amide bonds. The lowest BCUT2D eigenvalue weighted by atomic mass is 10.0. The van der Waals surface area contributed by atoms with Crippen molar-refractivity contribution in [3.8, 4) is 39.8 Å². The Labute approximate surface area is 165 Å². The van der Waals surface area contributed by atoms with Crippen LogP contribution in [0.2, 0.25) is 0 Å². The molecule has 0 saturated heterocycles. The van der Waals surface area contributed by atoms with Gasteiger partial charge in [-0.3, -0.25) is 5.10 Å². The normalized spacial score (nSPS) is 10.8. The number of ether oxygens (including phenoxy) is 2. The topological polar surface area (TPSA) is 118 Å². The lowest BCUT2D eigenvalue weighted by molar-refractivity contribution is 0.0699. The predicted molar refractivity (Wildman–Crippen MR) is 106 cm³/mol. The minimum atomic E-state index is -1.13. The van der Waals surface area contributed by atoms with Crippen LogP contribution in [0.25, 0.3) is 33.5 Å². The molecule has 2 heterocycles. The Morgan fingerprint density at radius 1 is 1.07 bits per heavy atom. The first-order valence-electron chi connectivity index (χ1n) is 8.66. The van der Waals surface area contributed by atoms with Gasteiger partial charge in [-0.25, -0.2) is 9.78 Å². The number of hydrogen-bond donors (Lipinski definition) is 3. The monoisotopic (exact) mass is 391 g/mol. The molecule has 2 aromatic carbocycles. The highest BCUT2D eigenvalue weighted by Crippen LogP contribution is 2.38. The number of pyridine rings is 1. The molecule has 3 N–H and O–H groups in total. The van der Waals surface area contributed by atoms with Crippen LogP contribution >= 0.6 is 0 Å². The smallest absolute Gasteiger partial charge is 0.336 e. The standard InChI is InChI=1S/C21H17N3O5/c1-28-12-8-6-11(7-9-12)18-17-14(21(26)27)10-15(22-20(17)24-23-18)13-4-3-5-16(29-2)19(13)25/h3-10,25H,1-2H3,(H,26,27)(H,22,23,24). The number of carboxylic acids is 1. The summed E-state index contributed by atoms with van der Waals surface area (Å²) >= 11 is 0. The molecule has 0 spiro atoms. The Hall–Kier alpha value is -4.07. The maximum Gasteiger partial charge on any atom is 0.336 e. The van der Waals surface area contributed by atoms with Crippen LogP contribution in [0.5, 0.6) is 17.2 Å². The van der Waals surface area contributed by atoms with Crippen molar-refractivity contribution in [2.75, 3.05) is 14.2 Å². The van der Waals surface area contributed by atoms with Crippen LogP contribution < -0.4 is 9.47 Å². The number of carboxylic acid groups (broad SMARTS) is 1. The number of nitrogens with one attached hydrogen (secondary N) is 1. The molecule has 4 rings (SSSR count). The fourth-order valence-corrected chi connectivity index (χ4v) is 3.19. The van der Waals surface area contributed by atoms with Crippen molar-refractivity contribution in [3.63, 3.8) is 0 Å². The molecule has 2 aromatic heterocycles. The van der Waals surface area contributed by atoms with Crippen molar-refractivity contribution in [2.45, 2.75) is 0 Å². The molecule has 0 bridgehead atoms. The molecule has 0 aliphatic rings. The Morgan fingerprint density at radius 3 is 2.48 bits per heavy atom. The molecule has 8 heteroatoms. The molecule has 146 valence electrons. The second kappa shape index (κ2) is 7.16. The first-order chi connectivity index (χ1) is 14.0. The molecular weight excluding hydrogens is 374 g/mol. The van der Waals surface area contributed by atoms with Gasteiger partial charge in [-0.15, -0.1) is 0 Å². The second-order valence-electron chi connectivity index (χ2n) is 6.24. The lowest BCUT2D eigenvalue weighted by Gasteiger charge is -2.10. The molecule has 0 atom stereocenters. The van der Waals surface area contributed by atoms with Crippen molar-refractivity contribution in [1.29, 1.82) is 0 Å². The number of aromatic hydroxyl groups is 1. The predicted octanol–water partition coefficient (Wildman–Crippen LogP) is 3.71. The lowest BCUT2D eigenvalue weighted by Crippen LogP contribution is -2.00. The van der Waals surface area contributed by atoms with E-state index in [9.17, 15) is 15.0 Å². The number of methoxy groups -OCH3 is 2. The number of para-hydroxylation sites is 1. The Morgan fingerprint density at radius 2 is 1.83 bits per heavy atom. The number of carbonyl (C=O) groups is 1. The number of aromatic carboxylic acids is 1. The molecule has 0 saturated carbocycles. The fourth-order valence-electron chi connectivity index (χ4n) is 3.19. The van der Waals surface area contributed by atoms with E-state index in [0.717, 1.165) is 5.56 Å². The first-order valence-corrected chi connectivity index (χ1v) is 8.66. The van der Waals surface area contributed by atoms with E-state index in [1.165, 1.54) is 13.2 Å². The number of nitrogens with zero attached hydrogens (tertiary/aromatic N) is 2. The molecule has 0 unspecified atom stereocenters. The van der Waals surface area contributed by atoms with Crippen molar-refractivity contribution < 1.29 is 24.5 Å². The largest absolute Gasteiger partial charge is 0.504 e. The third kappa shape index (κ3) is 3.10. The van der Waals surface area contributed by atoms with Gasteiger partial charge in [-0.2, -0.15) is 5.10 Å². The minimum Gasteiger partial charge on any atom is -0.504 e. The Balaban J connectivity index is 1.93. The number of phenolic OH excluding ortho intramolecular Hbond substituents is 1. The maximum absolute atomic E-state index is 12.0. The average Bonchev–Trinajstić information content (AvgIpc) is 3.17. The second-order valence-corrected chi connectivity index (χ2v) is 6.24. The van der Waals surface area contributed by atoms with Gasteiger partial charge < -0.3 is 19.7 Å². The van der Waals surface area contributed by atoms with E-state index in [2.05, 4.69) is 15.2 Å². The van der Waals surface area contributed by atoms with Crippen LogP contribution in [-0.4, -0.2) is 45.6 Å². The summed E-state index contributed by atoms with van der Waals surface area (Å²) in [6, 6.07) is 13.5. The SMILES string of the molecule is COc1ccc(-c2[nH]nc3nc(-c4cccc(OC)c4O)cc(C(=O)O)c23)cc1. The number of H-pyrrole nitrogens is 1. The summed E-state index contributed by atoms with van der Waals surface area (Å²) in [7, 11) is 3.01. The number of phenols is 1. The van der Waals surface area contributed by atoms with Crippen LogP contribution in [0.4, 0.5) is 0 Å². The fraction of sp³-hybridized carbons (Fsp3) is 0.0952. The number of benzene rings is 2. The van der Waals surface area contributed by atoms with Crippen molar-refractivity contribution in [3.05, 3.63) is 54.1 Å². The number of rotatable bonds is 5. The summed E-state index contributed by atoms with van der Waals surface area (Å²) in [4.78, 5) is 16.5. The summed E-state index contributed by atoms with van der Waals surface area (Å²) in [6.45, 7) is 0. The van der Waals surface area contributed by atoms with E-state index >= 15 is 0 Å². The number of fused-ring (bicyclic) bond motifs is 1. The van der Waals surface area contributed by atoms with Crippen molar-refractivity contribution in [2.24, 2.45) is 0 Å². The molecule has 0 aliphatic heterocycles. The van der Waals surface area contributed by atoms with Gasteiger partial charge in [-0.1, -0.05) is 6.07 Å². The first kappa shape index (κ1) is 18.3. The van der Waals surface area contributed by atoms with Gasteiger partial charge >= 0.3 is 5.97 Å².